The summed E-state index contributed by atoms with van der Waals surface area (Å²) in [6.07, 6.45) is 1.78. The number of nitrogens with zero attached hydrogens (tertiary/aromatic N) is 3. The zero-order chi connectivity index (χ0) is 16.1. The third-order valence-corrected chi connectivity index (χ3v) is 4.39. The molecule has 1 fully saturated rings. The van der Waals surface area contributed by atoms with Gasteiger partial charge in [-0.3, -0.25) is 9.89 Å². The van der Waals surface area contributed by atoms with E-state index in [1.807, 2.05) is 6.07 Å². The van der Waals surface area contributed by atoms with Crippen LogP contribution < -0.4 is 10.6 Å². The van der Waals surface area contributed by atoms with Crippen molar-refractivity contribution in [3.63, 3.8) is 0 Å². The minimum atomic E-state index is 0. The van der Waals surface area contributed by atoms with Gasteiger partial charge in [0, 0.05) is 45.0 Å². The molecule has 2 atom stereocenters. The summed E-state index contributed by atoms with van der Waals surface area (Å²) in [5.41, 5.74) is 1.08. The average Bonchev–Trinajstić information content (AvgIpc) is 2.86. The van der Waals surface area contributed by atoms with E-state index in [0.29, 0.717) is 29.7 Å². The van der Waals surface area contributed by atoms with Gasteiger partial charge >= 0.3 is 0 Å². The van der Waals surface area contributed by atoms with E-state index in [4.69, 9.17) is 11.6 Å². The minimum absolute atomic E-state index is 0. The number of likely N-dealkylation sites (tertiary alicyclic amines) is 1. The van der Waals surface area contributed by atoms with Gasteiger partial charge in [0.05, 0.1) is 0 Å². The van der Waals surface area contributed by atoms with Crippen molar-refractivity contribution in [1.29, 1.82) is 0 Å². The van der Waals surface area contributed by atoms with Crippen molar-refractivity contribution in [1.82, 2.24) is 20.5 Å². The van der Waals surface area contributed by atoms with Crippen LogP contribution in [0.25, 0.3) is 0 Å². The van der Waals surface area contributed by atoms with E-state index < -0.39 is 0 Å². The Morgan fingerprint density at radius 3 is 2.70 bits per heavy atom. The van der Waals surface area contributed by atoms with E-state index in [0.717, 1.165) is 24.6 Å². The molecule has 0 saturated carbocycles. The Kier molecular flexibility index (Phi) is 8.57. The molecule has 7 heteroatoms. The smallest absolute Gasteiger partial charge is 0.191 e. The van der Waals surface area contributed by atoms with Crippen LogP contribution in [-0.2, 0) is 6.54 Å². The third kappa shape index (κ3) is 6.08. The molecule has 0 aromatic carbocycles. The second kappa shape index (κ2) is 9.64. The molecule has 5 nitrogen and oxygen atoms in total. The molecule has 2 heterocycles. The Morgan fingerprint density at radius 1 is 1.43 bits per heavy atom. The van der Waals surface area contributed by atoms with Crippen LogP contribution in [-0.4, -0.2) is 48.1 Å². The predicted molar refractivity (Wildman–Crippen MR) is 108 cm³/mol. The molecule has 23 heavy (non-hydrogen) atoms. The summed E-state index contributed by atoms with van der Waals surface area (Å²) in [4.78, 5) is 10.9. The first-order chi connectivity index (χ1) is 10.5. The molecule has 2 unspecified atom stereocenters. The molecule has 2 N–H and O–H groups in total. The van der Waals surface area contributed by atoms with Crippen molar-refractivity contribution < 1.29 is 0 Å². The first kappa shape index (κ1) is 20.4. The van der Waals surface area contributed by atoms with Gasteiger partial charge in [-0.05, 0) is 31.4 Å². The number of hydrogen-bond acceptors (Lipinski definition) is 3. The number of aliphatic imine (C=N–C) groups is 1. The molecule has 0 bridgehead atoms. The topological polar surface area (TPSA) is 52.6 Å². The van der Waals surface area contributed by atoms with Gasteiger partial charge in [-0.2, -0.15) is 0 Å². The molecule has 0 spiro atoms. The van der Waals surface area contributed by atoms with Crippen LogP contribution in [0.5, 0.6) is 0 Å². The normalized spacial score (nSPS) is 22.1. The number of rotatable bonds is 4. The van der Waals surface area contributed by atoms with Crippen molar-refractivity contribution in [3.05, 3.63) is 29.0 Å². The molecule has 0 amide bonds. The Labute approximate surface area is 161 Å². The van der Waals surface area contributed by atoms with E-state index in [-0.39, 0.29) is 24.0 Å². The summed E-state index contributed by atoms with van der Waals surface area (Å²) in [6.45, 7) is 9.65. The fourth-order valence-electron chi connectivity index (χ4n) is 2.68. The van der Waals surface area contributed by atoms with Gasteiger partial charge in [0.2, 0.25) is 0 Å². The van der Waals surface area contributed by atoms with Gasteiger partial charge in [0.25, 0.3) is 0 Å². The van der Waals surface area contributed by atoms with Crippen LogP contribution in [0, 0.1) is 5.92 Å². The number of aromatic nitrogens is 1. The van der Waals surface area contributed by atoms with Crippen molar-refractivity contribution in [2.45, 2.75) is 39.4 Å². The fraction of sp³-hybridized carbons (Fsp3) is 0.625. The van der Waals surface area contributed by atoms with E-state index in [9.17, 15) is 0 Å². The zero-order valence-electron chi connectivity index (χ0n) is 14.2. The van der Waals surface area contributed by atoms with E-state index >= 15 is 0 Å². The lowest BCUT2D eigenvalue weighted by atomic mass is 10.1. The largest absolute Gasteiger partial charge is 0.352 e. The van der Waals surface area contributed by atoms with Crippen LogP contribution >= 0.6 is 35.6 Å². The molecule has 130 valence electrons. The van der Waals surface area contributed by atoms with Crippen LogP contribution in [0.1, 0.15) is 26.3 Å². The Morgan fingerprint density at radius 2 is 2.17 bits per heavy atom. The van der Waals surface area contributed by atoms with Crippen LogP contribution in [0.15, 0.2) is 23.3 Å². The van der Waals surface area contributed by atoms with Crippen LogP contribution in [0.4, 0.5) is 0 Å². The SMILES string of the molecule is CN=C(NCc1ccc(Cl)nc1)NC1CN(C(C)C)CC1C.I. The molecule has 1 aromatic heterocycles. The number of guanidine groups is 1. The van der Waals surface area contributed by atoms with Crippen molar-refractivity contribution >= 4 is 41.5 Å². The lowest BCUT2D eigenvalue weighted by Gasteiger charge is -2.22. The van der Waals surface area contributed by atoms with Crippen molar-refractivity contribution in [2.24, 2.45) is 10.9 Å². The standard InChI is InChI=1S/C16H26ClN5.HI/c1-11(2)22-9-12(3)14(10-22)21-16(18-4)20-8-13-5-6-15(17)19-7-13;/h5-7,11-12,14H,8-10H2,1-4H3,(H2,18,20,21);1H. The molecule has 1 aliphatic rings. The van der Waals surface area contributed by atoms with Crippen molar-refractivity contribution in [3.8, 4) is 0 Å². The third-order valence-electron chi connectivity index (χ3n) is 4.17. The maximum absolute atomic E-state index is 5.80. The highest BCUT2D eigenvalue weighted by Crippen LogP contribution is 2.18. The van der Waals surface area contributed by atoms with E-state index in [1.54, 1.807) is 19.3 Å². The second-order valence-electron chi connectivity index (χ2n) is 6.19. The second-order valence-corrected chi connectivity index (χ2v) is 6.58. The van der Waals surface area contributed by atoms with Crippen molar-refractivity contribution in [2.75, 3.05) is 20.1 Å². The first-order valence-corrected chi connectivity index (χ1v) is 8.19. The van der Waals surface area contributed by atoms with Gasteiger partial charge < -0.3 is 10.6 Å². The quantitative estimate of drug-likeness (QED) is 0.320. The summed E-state index contributed by atoms with van der Waals surface area (Å²) in [5, 5.41) is 7.38. The molecule has 2 rings (SSSR count). The first-order valence-electron chi connectivity index (χ1n) is 7.81. The maximum atomic E-state index is 5.80. The Bertz CT molecular complexity index is 506. The van der Waals surface area contributed by atoms with E-state index in [2.05, 4.69) is 46.3 Å². The van der Waals surface area contributed by atoms with E-state index in [1.165, 1.54) is 0 Å². The van der Waals surface area contributed by atoms with Gasteiger partial charge in [-0.25, -0.2) is 4.98 Å². The zero-order valence-corrected chi connectivity index (χ0v) is 17.3. The van der Waals surface area contributed by atoms with Gasteiger partial charge in [-0.15, -0.1) is 24.0 Å². The summed E-state index contributed by atoms with van der Waals surface area (Å²) < 4.78 is 0. The molecule has 0 radical (unpaired) electrons. The molecule has 1 aromatic rings. The Hall–Kier alpha value is -0.600. The number of halogens is 2. The maximum Gasteiger partial charge on any atom is 0.191 e. The monoisotopic (exact) mass is 451 g/mol. The lowest BCUT2D eigenvalue weighted by Crippen LogP contribution is -2.46. The minimum Gasteiger partial charge on any atom is -0.352 e. The molecule has 1 saturated heterocycles. The molecular weight excluding hydrogens is 425 g/mol. The van der Waals surface area contributed by atoms with Crippen LogP contribution in [0.3, 0.4) is 0 Å². The summed E-state index contributed by atoms with van der Waals surface area (Å²) in [6, 6.07) is 4.78. The molecular formula is C16H27ClIN5. The van der Waals surface area contributed by atoms with Crippen LogP contribution in [0.2, 0.25) is 5.15 Å². The predicted octanol–water partition coefficient (Wildman–Crippen LogP) is 2.75. The number of nitrogens with one attached hydrogen (secondary N) is 2. The number of pyridine rings is 1. The van der Waals surface area contributed by atoms with Gasteiger partial charge in [0.1, 0.15) is 5.15 Å². The summed E-state index contributed by atoms with van der Waals surface area (Å²) >= 11 is 5.80. The van der Waals surface area contributed by atoms with Gasteiger partial charge in [-0.1, -0.05) is 24.6 Å². The highest BCUT2D eigenvalue weighted by atomic mass is 127. The average molecular weight is 452 g/mol. The molecule has 0 aliphatic carbocycles. The summed E-state index contributed by atoms with van der Waals surface area (Å²) in [7, 11) is 1.80. The molecule has 1 aliphatic heterocycles. The highest BCUT2D eigenvalue weighted by molar-refractivity contribution is 14.0. The van der Waals surface area contributed by atoms with Gasteiger partial charge in [0.15, 0.2) is 5.96 Å². The highest BCUT2D eigenvalue weighted by Gasteiger charge is 2.31. The summed E-state index contributed by atoms with van der Waals surface area (Å²) in [5.74, 6) is 1.44. The fourth-order valence-corrected chi connectivity index (χ4v) is 2.79. The number of hydrogen-bond donors (Lipinski definition) is 2. The lowest BCUT2D eigenvalue weighted by molar-refractivity contribution is 0.265. The Balaban J connectivity index is 0.00000264.